The molecule has 1 saturated heterocycles. The molecule has 1 N–H and O–H groups in total. The molecule has 9 heteroatoms. The topological polar surface area (TPSA) is 59.4 Å². The number of ether oxygens (including phenoxy) is 1. The minimum Gasteiger partial charge on any atom is -0.379 e. The fourth-order valence-electron chi connectivity index (χ4n) is 2.21. The third-order valence-corrected chi connectivity index (χ3v) is 4.49. The quantitative estimate of drug-likeness (QED) is 0.808. The lowest BCUT2D eigenvalue weighted by atomic mass is 10.4. The number of nitrogens with one attached hydrogen (secondary N) is 1. The number of hydrogen-bond acceptors (Lipinski definition) is 4. The van der Waals surface area contributed by atoms with Gasteiger partial charge in [-0.05, 0) is 22.9 Å². The van der Waals surface area contributed by atoms with Crippen molar-refractivity contribution in [1.82, 2.24) is 20.0 Å². The normalized spacial score (nSPS) is 16.2. The molecular weight excluding hydrogens is 362 g/mol. The Morgan fingerprint density at radius 1 is 1.45 bits per heavy atom. The van der Waals surface area contributed by atoms with Crippen molar-refractivity contribution < 1.29 is 18.3 Å². The van der Waals surface area contributed by atoms with Crippen LogP contribution in [0.3, 0.4) is 0 Å². The molecule has 0 spiro atoms. The number of carbonyl (C=O) groups is 1. The standard InChI is InChI=1S/C13H19BrF2N4O2/c1-9-11(14)12(13(15)16)18-20(9)8-10(21)17-2-3-19-4-6-22-7-5-19/h13H,2-8H2,1H3,(H,17,21). The Labute approximate surface area is 135 Å². The minimum absolute atomic E-state index is 0.0692. The van der Waals surface area contributed by atoms with Gasteiger partial charge in [0.25, 0.3) is 6.43 Å². The Morgan fingerprint density at radius 3 is 2.73 bits per heavy atom. The zero-order valence-electron chi connectivity index (χ0n) is 12.3. The molecule has 1 fully saturated rings. The average molecular weight is 381 g/mol. The lowest BCUT2D eigenvalue weighted by Gasteiger charge is -2.26. The van der Waals surface area contributed by atoms with Crippen LogP contribution in [0.2, 0.25) is 0 Å². The zero-order chi connectivity index (χ0) is 16.1. The first-order chi connectivity index (χ1) is 10.5. The van der Waals surface area contributed by atoms with Crippen molar-refractivity contribution in [1.29, 1.82) is 0 Å². The van der Waals surface area contributed by atoms with Crippen molar-refractivity contribution in [2.45, 2.75) is 19.9 Å². The Morgan fingerprint density at radius 2 is 2.14 bits per heavy atom. The Hall–Kier alpha value is -1.06. The molecule has 1 aromatic rings. The van der Waals surface area contributed by atoms with Gasteiger partial charge in [-0.25, -0.2) is 8.78 Å². The van der Waals surface area contributed by atoms with E-state index in [-0.39, 0.29) is 22.6 Å². The van der Waals surface area contributed by atoms with E-state index >= 15 is 0 Å². The number of morpholine rings is 1. The van der Waals surface area contributed by atoms with Gasteiger partial charge in [0.2, 0.25) is 5.91 Å². The summed E-state index contributed by atoms with van der Waals surface area (Å²) in [5, 5.41) is 6.56. The smallest absolute Gasteiger partial charge is 0.283 e. The highest BCUT2D eigenvalue weighted by Gasteiger charge is 2.21. The Kier molecular flexibility index (Phi) is 6.27. The summed E-state index contributed by atoms with van der Waals surface area (Å²) in [7, 11) is 0. The van der Waals surface area contributed by atoms with E-state index in [2.05, 4.69) is 31.2 Å². The molecule has 0 atom stereocenters. The molecule has 0 aromatic carbocycles. The summed E-state index contributed by atoms with van der Waals surface area (Å²) in [6.45, 7) is 5.98. The summed E-state index contributed by atoms with van der Waals surface area (Å²) in [6.07, 6.45) is -2.67. The molecule has 0 unspecified atom stereocenters. The van der Waals surface area contributed by atoms with E-state index in [1.54, 1.807) is 6.92 Å². The lowest BCUT2D eigenvalue weighted by Crippen LogP contribution is -2.41. The van der Waals surface area contributed by atoms with Crippen molar-refractivity contribution in [2.24, 2.45) is 0 Å². The maximum atomic E-state index is 12.7. The summed E-state index contributed by atoms with van der Waals surface area (Å²) in [4.78, 5) is 14.1. The van der Waals surface area contributed by atoms with Crippen LogP contribution in [-0.2, 0) is 16.1 Å². The molecule has 0 radical (unpaired) electrons. The van der Waals surface area contributed by atoms with Crippen LogP contribution < -0.4 is 5.32 Å². The van der Waals surface area contributed by atoms with Gasteiger partial charge in [0.1, 0.15) is 12.2 Å². The highest BCUT2D eigenvalue weighted by molar-refractivity contribution is 9.10. The summed E-state index contributed by atoms with van der Waals surface area (Å²) in [5.41, 5.74) is 0.178. The van der Waals surface area contributed by atoms with Crippen LogP contribution >= 0.6 is 15.9 Å². The van der Waals surface area contributed by atoms with Gasteiger partial charge >= 0.3 is 0 Å². The first-order valence-corrected chi connectivity index (χ1v) is 7.86. The second-order valence-corrected chi connectivity index (χ2v) is 5.84. The van der Waals surface area contributed by atoms with Crippen LogP contribution in [0.4, 0.5) is 8.78 Å². The zero-order valence-corrected chi connectivity index (χ0v) is 13.9. The van der Waals surface area contributed by atoms with Crippen molar-refractivity contribution in [3.63, 3.8) is 0 Å². The molecule has 1 aromatic heterocycles. The fraction of sp³-hybridized carbons (Fsp3) is 0.692. The van der Waals surface area contributed by atoms with Gasteiger partial charge in [0.15, 0.2) is 0 Å². The molecule has 0 saturated carbocycles. The van der Waals surface area contributed by atoms with Crippen molar-refractivity contribution in [2.75, 3.05) is 39.4 Å². The van der Waals surface area contributed by atoms with Gasteiger partial charge in [-0.1, -0.05) is 0 Å². The molecule has 1 amide bonds. The third-order valence-electron chi connectivity index (χ3n) is 3.51. The van der Waals surface area contributed by atoms with Crippen LogP contribution in [-0.4, -0.2) is 60.0 Å². The van der Waals surface area contributed by atoms with E-state index in [0.29, 0.717) is 25.5 Å². The number of carbonyl (C=O) groups excluding carboxylic acids is 1. The van der Waals surface area contributed by atoms with Crippen LogP contribution in [0.1, 0.15) is 17.8 Å². The number of amides is 1. The molecule has 124 valence electrons. The van der Waals surface area contributed by atoms with E-state index in [0.717, 1.165) is 19.6 Å². The van der Waals surface area contributed by atoms with Crippen LogP contribution in [0.15, 0.2) is 4.47 Å². The van der Waals surface area contributed by atoms with Crippen LogP contribution in [0.25, 0.3) is 0 Å². The number of nitrogens with zero attached hydrogens (tertiary/aromatic N) is 3. The number of hydrogen-bond donors (Lipinski definition) is 1. The molecule has 2 heterocycles. The first kappa shape index (κ1) is 17.3. The summed E-state index contributed by atoms with van der Waals surface area (Å²) in [5.74, 6) is -0.243. The predicted octanol–water partition coefficient (Wildman–Crippen LogP) is 1.34. The first-order valence-electron chi connectivity index (χ1n) is 7.06. The fourth-order valence-corrected chi connectivity index (χ4v) is 2.67. The molecule has 2 rings (SSSR count). The maximum absolute atomic E-state index is 12.7. The summed E-state index contributed by atoms with van der Waals surface area (Å²) >= 11 is 3.08. The highest BCUT2D eigenvalue weighted by atomic mass is 79.9. The van der Waals surface area contributed by atoms with E-state index in [9.17, 15) is 13.6 Å². The molecule has 1 aliphatic rings. The SMILES string of the molecule is Cc1c(Br)c(C(F)F)nn1CC(=O)NCCN1CCOCC1. The monoisotopic (exact) mass is 380 g/mol. The van der Waals surface area contributed by atoms with Gasteiger partial charge in [-0.2, -0.15) is 5.10 Å². The van der Waals surface area contributed by atoms with E-state index < -0.39 is 6.43 Å². The molecule has 1 aliphatic heterocycles. The predicted molar refractivity (Wildman–Crippen MR) is 79.9 cm³/mol. The highest BCUT2D eigenvalue weighted by Crippen LogP contribution is 2.28. The molecule has 22 heavy (non-hydrogen) atoms. The van der Waals surface area contributed by atoms with E-state index in [1.807, 2.05) is 0 Å². The Bertz CT molecular complexity index is 518. The number of rotatable bonds is 6. The van der Waals surface area contributed by atoms with E-state index in [4.69, 9.17) is 4.74 Å². The third kappa shape index (κ3) is 4.47. The maximum Gasteiger partial charge on any atom is 0.283 e. The number of aromatic nitrogens is 2. The number of halogens is 3. The lowest BCUT2D eigenvalue weighted by molar-refractivity contribution is -0.122. The average Bonchev–Trinajstić information content (AvgIpc) is 2.77. The second kappa shape index (κ2) is 7.98. The molecule has 0 aliphatic carbocycles. The van der Waals surface area contributed by atoms with Crippen LogP contribution in [0, 0.1) is 6.92 Å². The van der Waals surface area contributed by atoms with Crippen molar-refractivity contribution in [3.05, 3.63) is 15.9 Å². The van der Waals surface area contributed by atoms with Crippen LogP contribution in [0.5, 0.6) is 0 Å². The van der Waals surface area contributed by atoms with Gasteiger partial charge in [0, 0.05) is 26.2 Å². The van der Waals surface area contributed by atoms with Crippen molar-refractivity contribution in [3.8, 4) is 0 Å². The van der Waals surface area contributed by atoms with Gasteiger partial charge in [-0.15, -0.1) is 0 Å². The minimum atomic E-state index is -2.67. The van der Waals surface area contributed by atoms with Gasteiger partial charge in [0.05, 0.1) is 23.4 Å². The Balaban J connectivity index is 1.80. The summed E-state index contributed by atoms with van der Waals surface area (Å²) < 4.78 is 32.3. The van der Waals surface area contributed by atoms with Crippen molar-refractivity contribution >= 4 is 21.8 Å². The molecule has 0 bridgehead atoms. The molecular formula is C13H19BrF2N4O2. The van der Waals surface area contributed by atoms with Gasteiger partial charge in [-0.3, -0.25) is 14.4 Å². The summed E-state index contributed by atoms with van der Waals surface area (Å²) in [6, 6.07) is 0. The number of alkyl halides is 2. The molecule has 6 nitrogen and oxygen atoms in total. The van der Waals surface area contributed by atoms with Gasteiger partial charge < -0.3 is 10.1 Å². The van der Waals surface area contributed by atoms with E-state index in [1.165, 1.54) is 4.68 Å². The second-order valence-electron chi connectivity index (χ2n) is 5.05. The largest absolute Gasteiger partial charge is 0.379 e.